The molecule has 27 heavy (non-hydrogen) atoms. The van der Waals surface area contributed by atoms with Crippen LogP contribution < -0.4 is 9.47 Å². The van der Waals surface area contributed by atoms with Gasteiger partial charge in [-0.1, -0.05) is 23.2 Å². The number of benzene rings is 2. The number of phenols is 1. The van der Waals surface area contributed by atoms with Gasteiger partial charge in [-0.2, -0.15) is 5.10 Å². The number of aromatic hydroxyl groups is 1. The van der Waals surface area contributed by atoms with E-state index in [4.69, 9.17) is 37.7 Å². The van der Waals surface area contributed by atoms with Crippen molar-refractivity contribution in [2.24, 2.45) is 0 Å². The van der Waals surface area contributed by atoms with E-state index in [2.05, 4.69) is 10.2 Å². The molecule has 0 radical (unpaired) electrons. The smallest absolute Gasteiger partial charge is 0.161 e. The second-order valence-electron chi connectivity index (χ2n) is 6.03. The Morgan fingerprint density at radius 3 is 2.30 bits per heavy atom. The third-order valence-electron chi connectivity index (χ3n) is 4.49. The number of H-pyrrole nitrogens is 1. The maximum Gasteiger partial charge on any atom is 0.161 e. The van der Waals surface area contributed by atoms with Crippen molar-refractivity contribution in [3.63, 3.8) is 0 Å². The molecule has 4 rings (SSSR count). The maximum absolute atomic E-state index is 9.82. The van der Waals surface area contributed by atoms with Crippen molar-refractivity contribution in [3.05, 3.63) is 40.0 Å². The molecule has 6 nitrogen and oxygen atoms in total. The second-order valence-corrected chi connectivity index (χ2v) is 6.84. The Bertz CT molecular complexity index is 1200. The van der Waals surface area contributed by atoms with Crippen LogP contribution in [0.1, 0.15) is 5.69 Å². The monoisotopic (exact) mass is 403 g/mol. The average Bonchev–Trinajstić information content (AvgIpc) is 3.03. The van der Waals surface area contributed by atoms with E-state index >= 15 is 0 Å². The number of aromatic amines is 1. The van der Waals surface area contributed by atoms with Gasteiger partial charge in [0.1, 0.15) is 5.75 Å². The summed E-state index contributed by atoms with van der Waals surface area (Å²) in [5, 5.41) is 20.1. The molecule has 0 fully saturated rings. The molecule has 0 atom stereocenters. The standard InChI is InChI=1S/C19H15Cl2N3O3/c1-8-17-9-5-15(26-2)16(27-3)6-10(9)18(22-19(17)24-23-8)11-4-13(21)14(25)7-12(11)20/h4-7,25H,1-3H3,(H,22,23,24). The Hall–Kier alpha value is -2.70. The van der Waals surface area contributed by atoms with E-state index in [0.717, 1.165) is 21.9 Å². The highest BCUT2D eigenvalue weighted by Gasteiger charge is 2.19. The van der Waals surface area contributed by atoms with Gasteiger partial charge in [0.05, 0.1) is 35.7 Å². The fourth-order valence-corrected chi connectivity index (χ4v) is 3.61. The summed E-state index contributed by atoms with van der Waals surface area (Å²) in [4.78, 5) is 4.72. The Kier molecular flexibility index (Phi) is 4.25. The highest BCUT2D eigenvalue weighted by Crippen LogP contribution is 2.43. The lowest BCUT2D eigenvalue weighted by Gasteiger charge is -2.14. The Labute approximate surface area is 164 Å². The minimum absolute atomic E-state index is 0.0903. The van der Waals surface area contributed by atoms with Crippen LogP contribution in [-0.2, 0) is 0 Å². The molecule has 2 heterocycles. The first-order valence-electron chi connectivity index (χ1n) is 8.03. The molecule has 0 unspecified atom stereocenters. The van der Waals surface area contributed by atoms with Crippen molar-refractivity contribution in [1.29, 1.82) is 0 Å². The number of ether oxygens (including phenoxy) is 2. The van der Waals surface area contributed by atoms with Crippen LogP contribution in [0.3, 0.4) is 0 Å². The van der Waals surface area contributed by atoms with E-state index in [0.29, 0.717) is 33.4 Å². The van der Waals surface area contributed by atoms with Gasteiger partial charge in [-0.3, -0.25) is 5.10 Å². The van der Waals surface area contributed by atoms with Crippen LogP contribution in [0.5, 0.6) is 17.2 Å². The summed E-state index contributed by atoms with van der Waals surface area (Å²) in [7, 11) is 3.16. The molecule has 0 spiro atoms. The van der Waals surface area contributed by atoms with Gasteiger partial charge in [0.25, 0.3) is 0 Å². The Balaban J connectivity index is 2.18. The topological polar surface area (TPSA) is 80.3 Å². The normalized spacial score (nSPS) is 11.3. The van der Waals surface area contributed by atoms with Crippen molar-refractivity contribution < 1.29 is 14.6 Å². The number of fused-ring (bicyclic) bond motifs is 3. The number of aromatic nitrogens is 3. The van der Waals surface area contributed by atoms with Crippen LogP contribution in [-0.4, -0.2) is 34.5 Å². The molecule has 4 aromatic rings. The zero-order chi connectivity index (χ0) is 19.3. The molecule has 0 saturated heterocycles. The molecule has 0 aliphatic rings. The fraction of sp³-hybridized carbons (Fsp3) is 0.158. The predicted molar refractivity (Wildman–Crippen MR) is 106 cm³/mol. The lowest BCUT2D eigenvalue weighted by atomic mass is 10.00. The maximum atomic E-state index is 9.82. The van der Waals surface area contributed by atoms with Crippen LogP contribution in [0.15, 0.2) is 24.3 Å². The van der Waals surface area contributed by atoms with E-state index in [-0.39, 0.29) is 10.8 Å². The van der Waals surface area contributed by atoms with Crippen molar-refractivity contribution in [3.8, 4) is 28.5 Å². The van der Waals surface area contributed by atoms with Gasteiger partial charge in [0, 0.05) is 27.8 Å². The number of hydrogen-bond donors (Lipinski definition) is 2. The minimum Gasteiger partial charge on any atom is -0.506 e. The predicted octanol–water partition coefficient (Wildman–Crippen LogP) is 5.12. The van der Waals surface area contributed by atoms with Crippen molar-refractivity contribution in [2.45, 2.75) is 6.92 Å². The van der Waals surface area contributed by atoms with Crippen LogP contribution in [0, 0.1) is 6.92 Å². The molecule has 138 valence electrons. The number of aryl methyl sites for hydroxylation is 1. The molecule has 0 aliphatic heterocycles. The van der Waals surface area contributed by atoms with Gasteiger partial charge < -0.3 is 14.6 Å². The number of rotatable bonds is 3. The second kappa shape index (κ2) is 6.48. The lowest BCUT2D eigenvalue weighted by Crippen LogP contribution is -1.95. The van der Waals surface area contributed by atoms with Crippen molar-refractivity contribution in [2.75, 3.05) is 14.2 Å². The summed E-state index contributed by atoms with van der Waals surface area (Å²) >= 11 is 12.5. The minimum atomic E-state index is -0.0903. The number of pyridine rings is 1. The number of nitrogens with one attached hydrogen (secondary N) is 1. The molecule has 2 N–H and O–H groups in total. The third kappa shape index (κ3) is 2.72. The lowest BCUT2D eigenvalue weighted by molar-refractivity contribution is 0.356. The quantitative estimate of drug-likeness (QED) is 0.496. The van der Waals surface area contributed by atoms with Crippen molar-refractivity contribution >= 4 is 45.0 Å². The first-order chi connectivity index (χ1) is 12.9. The highest BCUT2D eigenvalue weighted by molar-refractivity contribution is 6.36. The molecule has 0 bridgehead atoms. The molecular formula is C19H15Cl2N3O3. The highest BCUT2D eigenvalue weighted by atomic mass is 35.5. The number of nitrogens with zero attached hydrogens (tertiary/aromatic N) is 2. The first-order valence-corrected chi connectivity index (χ1v) is 8.79. The van der Waals surface area contributed by atoms with Gasteiger partial charge in [-0.15, -0.1) is 0 Å². The SMILES string of the molecule is COc1cc2c(-c3cc(Cl)c(O)cc3Cl)nc3[nH]nc(C)c3c2cc1OC. The number of methoxy groups -OCH3 is 2. The van der Waals surface area contributed by atoms with Gasteiger partial charge >= 0.3 is 0 Å². The van der Waals surface area contributed by atoms with E-state index < -0.39 is 0 Å². The average molecular weight is 404 g/mol. The Morgan fingerprint density at radius 2 is 1.63 bits per heavy atom. The summed E-state index contributed by atoms with van der Waals surface area (Å²) in [6, 6.07) is 6.72. The van der Waals surface area contributed by atoms with Crippen LogP contribution in [0.2, 0.25) is 10.0 Å². The van der Waals surface area contributed by atoms with Crippen LogP contribution >= 0.6 is 23.2 Å². The summed E-state index contributed by atoms with van der Waals surface area (Å²) < 4.78 is 10.9. The summed E-state index contributed by atoms with van der Waals surface area (Å²) in [5.74, 6) is 1.07. The molecule has 2 aromatic heterocycles. The molecule has 0 amide bonds. The zero-order valence-corrected chi connectivity index (χ0v) is 16.2. The molecular weight excluding hydrogens is 389 g/mol. The zero-order valence-electron chi connectivity index (χ0n) is 14.7. The summed E-state index contributed by atoms with van der Waals surface area (Å²) in [6.07, 6.45) is 0. The molecule has 0 aliphatic carbocycles. The van der Waals surface area contributed by atoms with E-state index in [1.165, 1.54) is 6.07 Å². The summed E-state index contributed by atoms with van der Waals surface area (Å²) in [6.45, 7) is 1.90. The molecule has 0 saturated carbocycles. The largest absolute Gasteiger partial charge is 0.506 e. The Morgan fingerprint density at radius 1 is 0.963 bits per heavy atom. The number of hydrogen-bond acceptors (Lipinski definition) is 5. The van der Waals surface area contributed by atoms with E-state index in [1.807, 2.05) is 19.1 Å². The number of phenolic OH excluding ortho intramolecular Hbond substituents is 1. The third-order valence-corrected chi connectivity index (χ3v) is 5.11. The molecule has 8 heteroatoms. The van der Waals surface area contributed by atoms with Crippen LogP contribution in [0.4, 0.5) is 0 Å². The van der Waals surface area contributed by atoms with Gasteiger partial charge in [-0.25, -0.2) is 4.98 Å². The van der Waals surface area contributed by atoms with Gasteiger partial charge in [0.15, 0.2) is 17.1 Å². The van der Waals surface area contributed by atoms with Crippen LogP contribution in [0.25, 0.3) is 33.1 Å². The first kappa shape index (κ1) is 17.7. The van der Waals surface area contributed by atoms with Gasteiger partial charge in [0.2, 0.25) is 0 Å². The summed E-state index contributed by atoms with van der Waals surface area (Å²) in [5.41, 5.74) is 2.61. The van der Waals surface area contributed by atoms with Gasteiger partial charge in [-0.05, 0) is 25.1 Å². The number of halogens is 2. The fourth-order valence-electron chi connectivity index (χ4n) is 3.20. The van der Waals surface area contributed by atoms with E-state index in [1.54, 1.807) is 20.3 Å². The molecule has 2 aromatic carbocycles. The van der Waals surface area contributed by atoms with E-state index in [9.17, 15) is 5.11 Å². The van der Waals surface area contributed by atoms with Crippen molar-refractivity contribution in [1.82, 2.24) is 15.2 Å².